The molecule has 1 amide bonds. The molecule has 12 heteroatoms. The van der Waals surface area contributed by atoms with Crippen molar-refractivity contribution in [1.82, 2.24) is 9.29 Å². The van der Waals surface area contributed by atoms with Crippen LogP contribution in [0.4, 0.5) is 11.4 Å². The normalized spacial score (nSPS) is 23.6. The lowest BCUT2D eigenvalue weighted by Gasteiger charge is -2.39. The average molecular weight is 526 g/mol. The van der Waals surface area contributed by atoms with Gasteiger partial charge in [0, 0.05) is 35.7 Å². The molecule has 11 nitrogen and oxygen atoms in total. The van der Waals surface area contributed by atoms with Crippen molar-refractivity contribution in [1.29, 1.82) is 0 Å². The van der Waals surface area contributed by atoms with Crippen molar-refractivity contribution < 1.29 is 23.2 Å². The zero-order valence-electron chi connectivity index (χ0n) is 20.6. The van der Waals surface area contributed by atoms with E-state index in [4.69, 9.17) is 0 Å². The van der Waals surface area contributed by atoms with Crippen molar-refractivity contribution in [2.75, 3.05) is 6.54 Å². The second-order valence-electron chi connectivity index (χ2n) is 11.1. The second kappa shape index (κ2) is 8.45. The van der Waals surface area contributed by atoms with Crippen LogP contribution in [0, 0.1) is 20.9 Å². The van der Waals surface area contributed by atoms with Gasteiger partial charge in [0.1, 0.15) is 0 Å². The summed E-state index contributed by atoms with van der Waals surface area (Å²) in [6.45, 7) is 6.98. The van der Waals surface area contributed by atoms with Crippen LogP contribution >= 0.6 is 0 Å². The molecule has 1 saturated carbocycles. The van der Waals surface area contributed by atoms with E-state index in [1.807, 2.05) is 0 Å². The van der Waals surface area contributed by atoms with Gasteiger partial charge in [-0.05, 0) is 60.4 Å². The largest absolute Gasteiger partial charge is 0.493 e. The summed E-state index contributed by atoms with van der Waals surface area (Å²) in [5, 5.41) is 28.9. The molecule has 1 aliphatic carbocycles. The fourth-order valence-corrected chi connectivity index (χ4v) is 7.89. The van der Waals surface area contributed by atoms with Gasteiger partial charge in [-0.1, -0.05) is 20.8 Å². The molecule has 1 aromatic heterocycles. The number of amides is 1. The van der Waals surface area contributed by atoms with Crippen LogP contribution in [0.1, 0.15) is 50.4 Å². The van der Waals surface area contributed by atoms with E-state index in [1.165, 1.54) is 42.5 Å². The molecule has 2 fully saturated rings. The summed E-state index contributed by atoms with van der Waals surface area (Å²) in [4.78, 5) is 25.8. The summed E-state index contributed by atoms with van der Waals surface area (Å²) in [5.41, 5.74) is 0.217. The molecule has 0 radical (unpaired) electrons. The number of nitrogens with zero attached hydrogens (tertiary/aromatic N) is 4. The summed E-state index contributed by atoms with van der Waals surface area (Å²) in [5.74, 6) is -1.14. The van der Waals surface area contributed by atoms with E-state index >= 15 is 0 Å². The highest BCUT2D eigenvalue weighted by molar-refractivity contribution is 7.89. The number of carbonyl (C=O) groups is 1. The number of aromatic hydroxyl groups is 1. The number of rotatable bonds is 5. The molecule has 0 spiro atoms. The van der Waals surface area contributed by atoms with Crippen LogP contribution in [0.15, 0.2) is 57.6 Å². The molecule has 2 aromatic carbocycles. The van der Waals surface area contributed by atoms with Crippen LogP contribution in [-0.4, -0.2) is 46.2 Å². The standard InChI is InChI=1S/C25H27N5O6S/c1-24(2)11-17-12-25(3,13-24)14-29(17)37(35,36)18-7-4-15(5-8-18)22(31)28-27-21-19-10-16(30(33)34)6-9-20(19)26-23(21)32/h4-10,17,26,32H,11-14H2,1-3H3/t17-,25+/m0/s1. The fraction of sp³-hybridized carbons (Fsp3) is 0.400. The van der Waals surface area contributed by atoms with Gasteiger partial charge in [-0.25, -0.2) is 8.42 Å². The number of carbonyl (C=O) groups excluding carboxylic acids is 1. The van der Waals surface area contributed by atoms with Crippen LogP contribution < -0.4 is 0 Å². The minimum absolute atomic E-state index is 0.0477. The molecule has 1 saturated heterocycles. The number of nitrogens with one attached hydrogen (secondary N) is 1. The van der Waals surface area contributed by atoms with Gasteiger partial charge in [0.15, 0.2) is 5.69 Å². The van der Waals surface area contributed by atoms with Crippen LogP contribution in [-0.2, 0) is 10.0 Å². The lowest BCUT2D eigenvalue weighted by molar-refractivity contribution is -0.384. The molecule has 2 aliphatic rings. The highest BCUT2D eigenvalue weighted by Crippen LogP contribution is 2.53. The second-order valence-corrected chi connectivity index (χ2v) is 13.0. The number of non-ortho nitro benzene ring substituents is 1. The van der Waals surface area contributed by atoms with Crippen LogP contribution in [0.2, 0.25) is 0 Å². The summed E-state index contributed by atoms with van der Waals surface area (Å²) in [7, 11) is -3.74. The Hall–Kier alpha value is -3.64. The molecule has 2 bridgehead atoms. The van der Waals surface area contributed by atoms with E-state index in [2.05, 4.69) is 36.0 Å². The number of azo groups is 1. The number of sulfonamides is 1. The molecule has 3 aromatic rings. The van der Waals surface area contributed by atoms with Crippen LogP contribution in [0.3, 0.4) is 0 Å². The van der Waals surface area contributed by atoms with Crippen molar-refractivity contribution >= 4 is 38.2 Å². The van der Waals surface area contributed by atoms with E-state index in [0.29, 0.717) is 12.1 Å². The lowest BCUT2D eigenvalue weighted by Crippen LogP contribution is -2.37. The first-order chi connectivity index (χ1) is 17.3. The average Bonchev–Trinajstić information content (AvgIpc) is 3.27. The molecule has 5 rings (SSSR count). The topological polar surface area (TPSA) is 158 Å². The SMILES string of the molecule is CC1(C)C[C@H]2C[C@@](C)(CN2S(=O)(=O)c2ccc(C(=O)N=Nc3c(O)[nH]c4ccc([N+](=O)[O-])cc34)cc2)C1. The molecule has 194 valence electrons. The summed E-state index contributed by atoms with van der Waals surface area (Å²) in [6.07, 6.45) is 2.62. The van der Waals surface area contributed by atoms with Gasteiger partial charge in [-0.2, -0.15) is 4.31 Å². The zero-order valence-corrected chi connectivity index (χ0v) is 21.4. The first-order valence-corrected chi connectivity index (χ1v) is 13.3. The molecule has 2 atom stereocenters. The van der Waals surface area contributed by atoms with Gasteiger partial charge in [0.25, 0.3) is 11.6 Å². The van der Waals surface area contributed by atoms with Crippen LogP contribution in [0.5, 0.6) is 5.88 Å². The van der Waals surface area contributed by atoms with Gasteiger partial charge >= 0.3 is 0 Å². The Morgan fingerprint density at radius 1 is 1.16 bits per heavy atom. The van der Waals surface area contributed by atoms with Crippen molar-refractivity contribution in [3.05, 3.63) is 58.1 Å². The van der Waals surface area contributed by atoms with E-state index in [9.17, 15) is 28.4 Å². The van der Waals surface area contributed by atoms with E-state index in [-0.39, 0.29) is 50.0 Å². The highest BCUT2D eigenvalue weighted by Gasteiger charge is 2.53. The van der Waals surface area contributed by atoms with Crippen molar-refractivity contribution in [2.24, 2.45) is 21.1 Å². The molecule has 2 N–H and O–H groups in total. The maximum atomic E-state index is 13.4. The molecule has 1 aliphatic heterocycles. The number of aromatic amines is 1. The summed E-state index contributed by atoms with van der Waals surface area (Å²) < 4.78 is 28.5. The van der Waals surface area contributed by atoms with E-state index < -0.39 is 20.9 Å². The van der Waals surface area contributed by atoms with Crippen molar-refractivity contribution in [2.45, 2.75) is 51.0 Å². The fourth-order valence-electron chi connectivity index (χ4n) is 6.11. The van der Waals surface area contributed by atoms with Gasteiger partial charge in [-0.3, -0.25) is 14.9 Å². The smallest absolute Gasteiger partial charge is 0.295 e. The lowest BCUT2D eigenvalue weighted by atomic mass is 9.65. The number of hydrogen-bond acceptors (Lipinski definition) is 7. The highest BCUT2D eigenvalue weighted by atomic mass is 32.2. The Morgan fingerprint density at radius 2 is 1.86 bits per heavy atom. The monoisotopic (exact) mass is 525 g/mol. The Bertz CT molecular complexity index is 1560. The van der Waals surface area contributed by atoms with Gasteiger partial charge in [-0.15, -0.1) is 10.2 Å². The van der Waals surface area contributed by atoms with Gasteiger partial charge in [0.2, 0.25) is 15.9 Å². The Balaban J connectivity index is 1.36. The number of nitro groups is 1. The molecule has 2 heterocycles. The quantitative estimate of drug-likeness (QED) is 0.261. The third kappa shape index (κ3) is 4.51. The number of aromatic nitrogens is 1. The maximum Gasteiger partial charge on any atom is 0.295 e. The number of H-pyrrole nitrogens is 1. The zero-order chi connectivity index (χ0) is 26.8. The minimum atomic E-state index is -3.74. The predicted molar refractivity (Wildman–Crippen MR) is 135 cm³/mol. The number of fused-ring (bicyclic) bond motifs is 3. The first kappa shape index (κ1) is 25.0. The number of nitro benzene ring substituents is 1. The first-order valence-electron chi connectivity index (χ1n) is 11.9. The molecular weight excluding hydrogens is 498 g/mol. The molecule has 37 heavy (non-hydrogen) atoms. The third-order valence-corrected chi connectivity index (χ3v) is 9.17. The predicted octanol–water partition coefficient (Wildman–Crippen LogP) is 5.30. The Morgan fingerprint density at radius 3 is 2.54 bits per heavy atom. The Labute approximate surface area is 213 Å². The Kier molecular flexibility index (Phi) is 5.72. The summed E-state index contributed by atoms with van der Waals surface area (Å²) in [6, 6.07) is 9.40. The maximum absolute atomic E-state index is 13.4. The van der Waals surface area contributed by atoms with E-state index in [1.54, 1.807) is 4.31 Å². The summed E-state index contributed by atoms with van der Waals surface area (Å²) >= 11 is 0. The van der Waals surface area contributed by atoms with Crippen molar-refractivity contribution in [3.63, 3.8) is 0 Å². The van der Waals surface area contributed by atoms with Crippen molar-refractivity contribution in [3.8, 4) is 5.88 Å². The third-order valence-electron chi connectivity index (χ3n) is 7.26. The van der Waals surface area contributed by atoms with Crippen LogP contribution in [0.25, 0.3) is 10.9 Å². The number of hydrogen-bond donors (Lipinski definition) is 2. The van der Waals surface area contributed by atoms with Gasteiger partial charge in [0.05, 0.1) is 15.3 Å². The molecule has 0 unspecified atom stereocenters. The van der Waals surface area contributed by atoms with Gasteiger partial charge < -0.3 is 10.1 Å². The number of benzene rings is 2. The minimum Gasteiger partial charge on any atom is -0.493 e. The van der Waals surface area contributed by atoms with E-state index in [0.717, 1.165) is 19.3 Å². The molecular formula is C25H27N5O6S.